The summed E-state index contributed by atoms with van der Waals surface area (Å²) in [6.45, 7) is 3.23. The van der Waals surface area contributed by atoms with Gasteiger partial charge < -0.3 is 9.15 Å². The summed E-state index contributed by atoms with van der Waals surface area (Å²) in [7, 11) is 0. The van der Waals surface area contributed by atoms with Crippen LogP contribution in [0.4, 0.5) is 0 Å². The Morgan fingerprint density at radius 3 is 2.60 bits per heavy atom. The van der Waals surface area contributed by atoms with E-state index >= 15 is 0 Å². The van der Waals surface area contributed by atoms with Crippen molar-refractivity contribution in [2.45, 2.75) is 20.0 Å². The minimum absolute atomic E-state index is 0.0771. The van der Waals surface area contributed by atoms with Crippen molar-refractivity contribution < 1.29 is 18.7 Å². The van der Waals surface area contributed by atoms with E-state index in [0.717, 1.165) is 0 Å². The minimum atomic E-state index is -0.911. The van der Waals surface area contributed by atoms with Gasteiger partial charge in [0.2, 0.25) is 11.5 Å². The molecular weight excluding hydrogens is 280 g/mol. The molecule has 0 bridgehead atoms. The minimum Gasteiger partial charge on any atom is -0.454 e. The maximum atomic E-state index is 12.1. The zero-order valence-electron chi connectivity index (χ0n) is 11.1. The van der Waals surface area contributed by atoms with Crippen molar-refractivity contribution in [1.29, 1.82) is 0 Å². The number of rotatable bonds is 4. The highest BCUT2D eigenvalue weighted by Crippen LogP contribution is 2.15. The van der Waals surface area contributed by atoms with Crippen molar-refractivity contribution in [3.8, 4) is 0 Å². The molecule has 2 aromatic rings. The maximum Gasteiger partial charge on any atom is 0.374 e. The second kappa shape index (κ2) is 5.92. The predicted molar refractivity (Wildman–Crippen MR) is 74.1 cm³/mol. The highest BCUT2D eigenvalue weighted by molar-refractivity contribution is 6.31. The Balaban J connectivity index is 2.06. The molecule has 0 spiro atoms. The molecule has 0 saturated heterocycles. The Morgan fingerprint density at radius 2 is 2.00 bits per heavy atom. The quantitative estimate of drug-likeness (QED) is 0.637. The monoisotopic (exact) mass is 292 g/mol. The molecule has 0 aliphatic carbocycles. The Morgan fingerprint density at radius 1 is 1.25 bits per heavy atom. The summed E-state index contributed by atoms with van der Waals surface area (Å²) < 4.78 is 10.2. The molecule has 4 nitrogen and oxygen atoms in total. The van der Waals surface area contributed by atoms with Crippen molar-refractivity contribution in [1.82, 2.24) is 0 Å². The molecular formula is C15H13ClO4. The van der Waals surface area contributed by atoms with Gasteiger partial charge in [0.25, 0.3) is 0 Å². The molecule has 1 aromatic carbocycles. The molecule has 20 heavy (non-hydrogen) atoms. The fourth-order valence-corrected chi connectivity index (χ4v) is 1.88. The van der Waals surface area contributed by atoms with E-state index in [0.29, 0.717) is 16.3 Å². The standard InChI is InChI=1S/C15H13ClO4/c1-9-6-7-13(19-9)15(18)20-10(2)14(17)11-4-3-5-12(16)8-11/h3-8,10H,1-2H3/t10-/m1/s1. The lowest BCUT2D eigenvalue weighted by molar-refractivity contribution is 0.0288. The number of furan rings is 1. The van der Waals surface area contributed by atoms with Crippen molar-refractivity contribution in [2.24, 2.45) is 0 Å². The van der Waals surface area contributed by atoms with Gasteiger partial charge in [0.1, 0.15) is 5.76 Å². The zero-order chi connectivity index (χ0) is 14.7. The first-order valence-electron chi connectivity index (χ1n) is 6.04. The van der Waals surface area contributed by atoms with Crippen molar-refractivity contribution in [3.05, 3.63) is 58.5 Å². The predicted octanol–water partition coefficient (Wildman–Crippen LogP) is 3.67. The molecule has 104 valence electrons. The number of halogens is 1. The van der Waals surface area contributed by atoms with Crippen molar-refractivity contribution in [3.63, 3.8) is 0 Å². The Hall–Kier alpha value is -2.07. The molecule has 0 N–H and O–H groups in total. The first-order chi connectivity index (χ1) is 9.47. The fraction of sp³-hybridized carbons (Fsp3) is 0.200. The number of aryl methyl sites for hydroxylation is 1. The number of hydrogen-bond acceptors (Lipinski definition) is 4. The van der Waals surface area contributed by atoms with Gasteiger partial charge in [-0.1, -0.05) is 23.7 Å². The zero-order valence-corrected chi connectivity index (χ0v) is 11.8. The van der Waals surface area contributed by atoms with Gasteiger partial charge in [-0.2, -0.15) is 0 Å². The van der Waals surface area contributed by atoms with Crippen LogP contribution in [0.2, 0.25) is 5.02 Å². The van der Waals surface area contributed by atoms with Crippen LogP contribution < -0.4 is 0 Å². The lowest BCUT2D eigenvalue weighted by Crippen LogP contribution is -2.24. The summed E-state index contributed by atoms with van der Waals surface area (Å²) in [6.07, 6.45) is -0.911. The molecule has 0 fully saturated rings. The van der Waals surface area contributed by atoms with E-state index in [-0.39, 0.29) is 11.5 Å². The van der Waals surface area contributed by atoms with Crippen molar-refractivity contribution >= 4 is 23.4 Å². The van der Waals surface area contributed by atoms with Crippen LogP contribution in [-0.4, -0.2) is 17.9 Å². The van der Waals surface area contributed by atoms with Crippen LogP contribution >= 0.6 is 11.6 Å². The first kappa shape index (κ1) is 14.3. The average molecular weight is 293 g/mol. The van der Waals surface area contributed by atoms with E-state index in [1.807, 2.05) is 0 Å². The molecule has 0 aliphatic rings. The first-order valence-corrected chi connectivity index (χ1v) is 6.42. The van der Waals surface area contributed by atoms with Crippen molar-refractivity contribution in [2.75, 3.05) is 0 Å². The number of Topliss-reactive ketones (excluding diaryl/α,β-unsaturated/α-hetero) is 1. The number of ether oxygens (including phenoxy) is 1. The fourth-order valence-electron chi connectivity index (χ4n) is 1.69. The molecule has 0 unspecified atom stereocenters. The van der Waals surface area contributed by atoms with E-state index in [2.05, 4.69) is 0 Å². The van der Waals surface area contributed by atoms with Gasteiger partial charge in [0.05, 0.1) is 0 Å². The molecule has 5 heteroatoms. The van der Waals surface area contributed by atoms with Gasteiger partial charge >= 0.3 is 5.97 Å². The third-order valence-corrected chi connectivity index (χ3v) is 2.94. The SMILES string of the molecule is Cc1ccc(C(=O)O[C@H](C)C(=O)c2cccc(Cl)c2)o1. The third-order valence-electron chi connectivity index (χ3n) is 2.70. The van der Waals surface area contributed by atoms with Crippen LogP contribution in [-0.2, 0) is 4.74 Å². The van der Waals surface area contributed by atoms with Gasteiger partial charge in [-0.15, -0.1) is 0 Å². The van der Waals surface area contributed by atoms with Crippen LogP contribution in [0.3, 0.4) is 0 Å². The highest BCUT2D eigenvalue weighted by Gasteiger charge is 2.22. The molecule has 1 heterocycles. The van der Waals surface area contributed by atoms with E-state index in [4.69, 9.17) is 20.8 Å². The number of hydrogen-bond donors (Lipinski definition) is 0. The third kappa shape index (κ3) is 3.27. The molecule has 2 rings (SSSR count). The maximum absolute atomic E-state index is 12.1. The van der Waals surface area contributed by atoms with E-state index < -0.39 is 12.1 Å². The Labute approximate surface area is 121 Å². The van der Waals surface area contributed by atoms with Gasteiger partial charge in [-0.05, 0) is 38.1 Å². The van der Waals surface area contributed by atoms with E-state index in [9.17, 15) is 9.59 Å². The number of esters is 1. The summed E-state index contributed by atoms with van der Waals surface area (Å²) in [6, 6.07) is 9.65. The number of benzene rings is 1. The van der Waals surface area contributed by atoms with E-state index in [1.165, 1.54) is 19.1 Å². The molecule has 1 aromatic heterocycles. The van der Waals surface area contributed by atoms with Crippen LogP contribution in [0.5, 0.6) is 0 Å². The smallest absolute Gasteiger partial charge is 0.374 e. The molecule has 0 saturated carbocycles. The van der Waals surface area contributed by atoms with Crippen LogP contribution in [0.1, 0.15) is 33.6 Å². The number of carbonyl (C=O) groups excluding carboxylic acids is 2. The normalized spacial score (nSPS) is 11.9. The molecule has 1 atom stereocenters. The summed E-state index contributed by atoms with van der Waals surface area (Å²) in [5.41, 5.74) is 0.397. The molecule has 0 aliphatic heterocycles. The summed E-state index contributed by atoms with van der Waals surface area (Å²) >= 11 is 5.82. The van der Waals surface area contributed by atoms with Crippen LogP contribution in [0.25, 0.3) is 0 Å². The second-order valence-electron chi connectivity index (χ2n) is 4.33. The molecule has 0 radical (unpaired) electrons. The average Bonchev–Trinajstić information content (AvgIpc) is 2.84. The molecule has 0 amide bonds. The largest absolute Gasteiger partial charge is 0.454 e. The highest BCUT2D eigenvalue weighted by atomic mass is 35.5. The summed E-state index contributed by atoms with van der Waals surface area (Å²) in [5.74, 6) is -0.302. The number of carbonyl (C=O) groups is 2. The van der Waals surface area contributed by atoms with Gasteiger partial charge in [-0.3, -0.25) is 4.79 Å². The Kier molecular flexibility index (Phi) is 4.25. The number of ketones is 1. The van der Waals surface area contributed by atoms with Gasteiger partial charge in [-0.25, -0.2) is 4.79 Å². The second-order valence-corrected chi connectivity index (χ2v) is 4.77. The summed E-state index contributed by atoms with van der Waals surface area (Å²) in [5, 5.41) is 0.455. The summed E-state index contributed by atoms with van der Waals surface area (Å²) in [4.78, 5) is 23.9. The van der Waals surface area contributed by atoms with Gasteiger partial charge in [0, 0.05) is 10.6 Å². The lowest BCUT2D eigenvalue weighted by Gasteiger charge is -2.11. The van der Waals surface area contributed by atoms with Crippen LogP contribution in [0, 0.1) is 6.92 Å². The Bertz CT molecular complexity index is 645. The topological polar surface area (TPSA) is 56.5 Å². The van der Waals surface area contributed by atoms with Crippen LogP contribution in [0.15, 0.2) is 40.8 Å². The van der Waals surface area contributed by atoms with Gasteiger partial charge in [0.15, 0.2) is 6.10 Å². The van der Waals surface area contributed by atoms with E-state index in [1.54, 1.807) is 31.2 Å². The lowest BCUT2D eigenvalue weighted by atomic mass is 10.1.